The average molecular weight is 276 g/mol. The van der Waals surface area contributed by atoms with Gasteiger partial charge in [-0.25, -0.2) is 9.97 Å². The number of rotatable bonds is 3. The lowest BCUT2D eigenvalue weighted by molar-refractivity contribution is 1.23. The maximum Gasteiger partial charge on any atom is 0.142 e. The number of anilines is 2. The summed E-state index contributed by atoms with van der Waals surface area (Å²) >= 11 is 7.37. The topological polar surface area (TPSA) is 37.8 Å². The lowest BCUT2D eigenvalue weighted by Gasteiger charge is -2.06. The van der Waals surface area contributed by atoms with E-state index in [2.05, 4.69) is 15.3 Å². The van der Waals surface area contributed by atoms with Crippen molar-refractivity contribution < 1.29 is 0 Å². The molecule has 0 spiro atoms. The first-order chi connectivity index (χ1) is 8.86. The highest BCUT2D eigenvalue weighted by Gasteiger charge is 2.04. The molecule has 0 saturated heterocycles. The molecule has 5 heteroatoms. The predicted molar refractivity (Wildman–Crippen MR) is 76.7 cm³/mol. The van der Waals surface area contributed by atoms with Gasteiger partial charge in [-0.05, 0) is 29.1 Å². The lowest BCUT2D eigenvalue weighted by Crippen LogP contribution is -1.94. The predicted octanol–water partition coefficient (Wildman–Crippen LogP) is 4.17. The molecule has 0 aliphatic rings. The number of fused-ring (bicyclic) bond motifs is 1. The van der Waals surface area contributed by atoms with Crippen LogP contribution in [0.3, 0.4) is 0 Å². The van der Waals surface area contributed by atoms with Crippen molar-refractivity contribution in [2.24, 2.45) is 0 Å². The van der Waals surface area contributed by atoms with Crippen molar-refractivity contribution >= 4 is 44.7 Å². The summed E-state index contributed by atoms with van der Waals surface area (Å²) in [6.07, 6.45) is 1.58. The molecule has 0 atom stereocenters. The Labute approximate surface area is 113 Å². The Kier molecular flexibility index (Phi) is 3.13. The molecule has 0 aliphatic heterocycles. The minimum atomic E-state index is 0.530. The zero-order valence-electron chi connectivity index (χ0n) is 9.43. The van der Waals surface area contributed by atoms with Gasteiger partial charge in [0.05, 0.1) is 5.39 Å². The number of benzene rings is 1. The maximum absolute atomic E-state index is 5.76. The van der Waals surface area contributed by atoms with E-state index in [1.165, 1.54) is 0 Å². The minimum absolute atomic E-state index is 0.530. The molecule has 0 radical (unpaired) electrons. The molecule has 0 saturated carbocycles. The molecule has 0 unspecified atom stereocenters. The normalized spacial score (nSPS) is 10.7. The first-order valence-corrected chi connectivity index (χ1v) is 6.88. The van der Waals surface area contributed by atoms with Gasteiger partial charge >= 0.3 is 0 Å². The second-order valence-electron chi connectivity index (χ2n) is 3.82. The van der Waals surface area contributed by atoms with E-state index in [1.807, 2.05) is 35.7 Å². The Balaban J connectivity index is 1.93. The first kappa shape index (κ1) is 11.4. The minimum Gasteiger partial charge on any atom is -0.340 e. The van der Waals surface area contributed by atoms with E-state index < -0.39 is 0 Å². The van der Waals surface area contributed by atoms with Gasteiger partial charge in [0.25, 0.3) is 0 Å². The summed E-state index contributed by atoms with van der Waals surface area (Å²) in [6, 6.07) is 10.0. The summed E-state index contributed by atoms with van der Waals surface area (Å²) in [5, 5.41) is 6.36. The van der Waals surface area contributed by atoms with Crippen LogP contribution in [0.5, 0.6) is 0 Å². The fourth-order valence-electron chi connectivity index (χ4n) is 1.70. The third kappa shape index (κ3) is 2.17. The van der Waals surface area contributed by atoms with Crippen LogP contribution in [0.2, 0.25) is 0 Å². The first-order valence-electron chi connectivity index (χ1n) is 5.47. The molecule has 18 heavy (non-hydrogen) atoms. The molecule has 3 nitrogen and oxygen atoms in total. The molecule has 3 aromatic rings. The summed E-state index contributed by atoms with van der Waals surface area (Å²) in [6.45, 7) is 0. The number of halogens is 1. The molecular weight excluding hydrogens is 266 g/mol. The van der Waals surface area contributed by atoms with Crippen molar-refractivity contribution in [3.63, 3.8) is 0 Å². The van der Waals surface area contributed by atoms with Gasteiger partial charge in [-0.1, -0.05) is 12.1 Å². The number of thiophene rings is 1. The number of nitrogens with zero attached hydrogens (tertiary/aromatic N) is 2. The van der Waals surface area contributed by atoms with Crippen LogP contribution in [-0.2, 0) is 5.88 Å². The monoisotopic (exact) mass is 275 g/mol. The Hall–Kier alpha value is -1.65. The second kappa shape index (κ2) is 4.92. The second-order valence-corrected chi connectivity index (χ2v) is 4.98. The molecule has 0 aliphatic carbocycles. The van der Waals surface area contributed by atoms with Crippen molar-refractivity contribution in [3.05, 3.63) is 47.6 Å². The van der Waals surface area contributed by atoms with Crippen LogP contribution in [0.25, 0.3) is 10.2 Å². The molecule has 2 aromatic heterocycles. The molecule has 0 fully saturated rings. The summed E-state index contributed by atoms with van der Waals surface area (Å²) in [7, 11) is 0. The van der Waals surface area contributed by atoms with Crippen molar-refractivity contribution in [1.29, 1.82) is 0 Å². The van der Waals surface area contributed by atoms with Crippen LogP contribution in [0.1, 0.15) is 5.56 Å². The molecular formula is C13H10ClN3S. The fourth-order valence-corrected chi connectivity index (χ4v) is 2.61. The molecule has 0 bridgehead atoms. The summed E-state index contributed by atoms with van der Waals surface area (Å²) in [5.41, 5.74) is 2.10. The van der Waals surface area contributed by atoms with E-state index >= 15 is 0 Å². The van der Waals surface area contributed by atoms with Crippen LogP contribution < -0.4 is 5.32 Å². The van der Waals surface area contributed by atoms with E-state index in [1.54, 1.807) is 17.7 Å². The van der Waals surface area contributed by atoms with E-state index in [-0.39, 0.29) is 0 Å². The number of alkyl halides is 1. The van der Waals surface area contributed by atoms with E-state index in [4.69, 9.17) is 11.6 Å². The smallest absolute Gasteiger partial charge is 0.142 e. The third-order valence-corrected chi connectivity index (χ3v) is 3.76. The van der Waals surface area contributed by atoms with Gasteiger partial charge in [0.1, 0.15) is 17.0 Å². The van der Waals surface area contributed by atoms with Gasteiger partial charge in [0.2, 0.25) is 0 Å². The molecule has 1 aromatic carbocycles. The number of nitrogens with one attached hydrogen (secondary N) is 1. The van der Waals surface area contributed by atoms with E-state index in [9.17, 15) is 0 Å². The van der Waals surface area contributed by atoms with Crippen LogP contribution in [0, 0.1) is 0 Å². The highest BCUT2D eigenvalue weighted by Crippen LogP contribution is 2.26. The van der Waals surface area contributed by atoms with Crippen LogP contribution in [0.4, 0.5) is 11.5 Å². The highest BCUT2D eigenvalue weighted by molar-refractivity contribution is 7.16. The van der Waals surface area contributed by atoms with Crippen LogP contribution in [-0.4, -0.2) is 9.97 Å². The van der Waals surface area contributed by atoms with Gasteiger partial charge in [-0.2, -0.15) is 0 Å². The van der Waals surface area contributed by atoms with Gasteiger partial charge in [0.15, 0.2) is 0 Å². The zero-order valence-corrected chi connectivity index (χ0v) is 11.0. The SMILES string of the molecule is ClCc1ccc(Nc2ncnc3sccc23)cc1. The highest BCUT2D eigenvalue weighted by atomic mass is 35.5. The lowest BCUT2D eigenvalue weighted by atomic mass is 10.2. The third-order valence-electron chi connectivity index (χ3n) is 2.63. The molecule has 1 N–H and O–H groups in total. The summed E-state index contributed by atoms with van der Waals surface area (Å²) in [4.78, 5) is 9.49. The molecule has 2 heterocycles. The number of aromatic nitrogens is 2. The van der Waals surface area contributed by atoms with Crippen molar-refractivity contribution in [1.82, 2.24) is 9.97 Å². The Morgan fingerprint density at radius 1 is 1.11 bits per heavy atom. The standard InChI is InChI=1S/C13H10ClN3S/c14-7-9-1-3-10(4-2-9)17-12-11-5-6-18-13(11)16-8-15-12/h1-6,8H,7H2,(H,15,16,17). The molecule has 3 rings (SSSR count). The zero-order chi connectivity index (χ0) is 12.4. The van der Waals surface area contributed by atoms with Gasteiger partial charge in [-0.3, -0.25) is 0 Å². The van der Waals surface area contributed by atoms with Gasteiger partial charge in [-0.15, -0.1) is 22.9 Å². The van der Waals surface area contributed by atoms with Crippen LogP contribution >= 0.6 is 22.9 Å². The summed E-state index contributed by atoms with van der Waals surface area (Å²) < 4.78 is 0. The molecule has 90 valence electrons. The van der Waals surface area contributed by atoms with Gasteiger partial charge in [0, 0.05) is 11.6 Å². The largest absolute Gasteiger partial charge is 0.340 e. The van der Waals surface area contributed by atoms with Gasteiger partial charge < -0.3 is 5.32 Å². The quantitative estimate of drug-likeness (QED) is 0.729. The van der Waals surface area contributed by atoms with Crippen LogP contribution in [0.15, 0.2) is 42.0 Å². The fraction of sp³-hybridized carbons (Fsp3) is 0.0769. The Bertz CT molecular complexity index is 663. The van der Waals surface area contributed by atoms with E-state index in [0.29, 0.717) is 5.88 Å². The van der Waals surface area contributed by atoms with Crippen molar-refractivity contribution in [2.45, 2.75) is 5.88 Å². The Morgan fingerprint density at radius 3 is 2.72 bits per heavy atom. The number of hydrogen-bond donors (Lipinski definition) is 1. The van der Waals surface area contributed by atoms with Crippen molar-refractivity contribution in [2.75, 3.05) is 5.32 Å². The summed E-state index contributed by atoms with van der Waals surface area (Å²) in [5.74, 6) is 1.36. The van der Waals surface area contributed by atoms with Crippen molar-refractivity contribution in [3.8, 4) is 0 Å². The average Bonchev–Trinajstić information content (AvgIpc) is 2.89. The number of hydrogen-bond acceptors (Lipinski definition) is 4. The Morgan fingerprint density at radius 2 is 1.94 bits per heavy atom. The molecule has 0 amide bonds. The van der Waals surface area contributed by atoms with E-state index in [0.717, 1.165) is 27.3 Å². The maximum atomic E-state index is 5.76.